The molecule has 2 saturated heterocycles. The summed E-state index contributed by atoms with van der Waals surface area (Å²) in [6, 6.07) is 8.15. The molecule has 2 N–H and O–H groups in total. The third kappa shape index (κ3) is 4.55. The van der Waals surface area contributed by atoms with Gasteiger partial charge in [-0.3, -0.25) is 19.4 Å². The van der Waals surface area contributed by atoms with Crippen molar-refractivity contribution in [2.45, 2.75) is 51.0 Å². The van der Waals surface area contributed by atoms with Crippen LogP contribution in [-0.4, -0.2) is 66.9 Å². The Morgan fingerprint density at radius 3 is 2.54 bits per heavy atom. The molecule has 0 radical (unpaired) electrons. The quantitative estimate of drug-likeness (QED) is 0.816. The number of hydrogen-bond donors (Lipinski definition) is 2. The number of anilines is 1. The Hall–Kier alpha value is -1.92. The van der Waals surface area contributed by atoms with E-state index in [2.05, 4.69) is 53.5 Å². The van der Waals surface area contributed by atoms with Crippen LogP contribution in [0, 0.1) is 0 Å². The molecule has 0 unspecified atom stereocenters. The molecule has 3 rings (SSSR count). The largest absolute Gasteiger partial charge is 0.354 e. The van der Waals surface area contributed by atoms with Gasteiger partial charge in [-0.05, 0) is 56.3 Å². The van der Waals surface area contributed by atoms with E-state index in [-0.39, 0.29) is 11.8 Å². The van der Waals surface area contributed by atoms with Crippen LogP contribution in [0.15, 0.2) is 24.3 Å². The highest BCUT2D eigenvalue weighted by Gasteiger charge is 2.45. The van der Waals surface area contributed by atoms with Crippen molar-refractivity contribution in [3.63, 3.8) is 0 Å². The minimum Gasteiger partial charge on any atom is -0.354 e. The molecule has 1 spiro atoms. The van der Waals surface area contributed by atoms with E-state index in [0.717, 1.165) is 57.5 Å². The lowest BCUT2D eigenvalue weighted by atomic mass is 9.85. The molecule has 1 aromatic rings. The first kappa shape index (κ1) is 20.8. The Kier molecular flexibility index (Phi) is 6.73. The van der Waals surface area contributed by atoms with Gasteiger partial charge in [0.15, 0.2) is 0 Å². The molecule has 6 nitrogen and oxygen atoms in total. The summed E-state index contributed by atoms with van der Waals surface area (Å²) < 4.78 is 0. The van der Waals surface area contributed by atoms with Gasteiger partial charge in [-0.25, -0.2) is 0 Å². The Bertz CT molecular complexity index is 680. The summed E-state index contributed by atoms with van der Waals surface area (Å²) in [5.41, 5.74) is 1.73. The minimum absolute atomic E-state index is 0.00547. The predicted octanol–water partition coefficient (Wildman–Crippen LogP) is 2.42. The maximum atomic E-state index is 12.6. The van der Waals surface area contributed by atoms with E-state index in [0.29, 0.717) is 12.5 Å². The van der Waals surface area contributed by atoms with Crippen LogP contribution in [0.1, 0.15) is 51.0 Å². The Balaban J connectivity index is 1.51. The van der Waals surface area contributed by atoms with E-state index in [4.69, 9.17) is 0 Å². The SMILES string of the molecule is CC[C@H](C)c1ccc(NC(=O)CN2CCC3(CC2)C(=O)NCCCN3C)cc1. The Labute approximate surface area is 168 Å². The average molecular weight is 387 g/mol. The van der Waals surface area contributed by atoms with E-state index in [1.54, 1.807) is 0 Å². The molecule has 2 aliphatic rings. The Morgan fingerprint density at radius 2 is 1.89 bits per heavy atom. The summed E-state index contributed by atoms with van der Waals surface area (Å²) in [6.07, 6.45) is 3.64. The number of benzene rings is 1. The van der Waals surface area contributed by atoms with Crippen molar-refractivity contribution >= 4 is 17.5 Å². The molecule has 2 heterocycles. The smallest absolute Gasteiger partial charge is 0.240 e. The molecule has 0 aliphatic carbocycles. The van der Waals surface area contributed by atoms with Crippen LogP contribution in [0.3, 0.4) is 0 Å². The maximum absolute atomic E-state index is 12.6. The fourth-order valence-electron chi connectivity index (χ4n) is 4.29. The number of rotatable bonds is 5. The van der Waals surface area contributed by atoms with E-state index >= 15 is 0 Å². The van der Waals surface area contributed by atoms with E-state index < -0.39 is 5.54 Å². The van der Waals surface area contributed by atoms with Gasteiger partial charge in [-0.1, -0.05) is 26.0 Å². The first-order chi connectivity index (χ1) is 13.4. The zero-order valence-electron chi connectivity index (χ0n) is 17.5. The van der Waals surface area contributed by atoms with Crippen molar-refractivity contribution in [1.82, 2.24) is 15.1 Å². The van der Waals surface area contributed by atoms with Crippen LogP contribution in [0.2, 0.25) is 0 Å². The Morgan fingerprint density at radius 1 is 1.21 bits per heavy atom. The molecule has 0 saturated carbocycles. The predicted molar refractivity (Wildman–Crippen MR) is 112 cm³/mol. The van der Waals surface area contributed by atoms with Crippen LogP contribution < -0.4 is 10.6 Å². The molecule has 0 bridgehead atoms. The van der Waals surface area contributed by atoms with Crippen molar-refractivity contribution in [1.29, 1.82) is 0 Å². The lowest BCUT2D eigenvalue weighted by Gasteiger charge is -2.44. The van der Waals surface area contributed by atoms with Crippen molar-refractivity contribution in [2.75, 3.05) is 45.1 Å². The van der Waals surface area contributed by atoms with Gasteiger partial charge in [0.2, 0.25) is 11.8 Å². The molecular weight excluding hydrogens is 352 g/mol. The second-order valence-corrected chi connectivity index (χ2v) is 8.32. The normalized spacial score (nSPS) is 21.8. The monoisotopic (exact) mass is 386 g/mol. The first-order valence-corrected chi connectivity index (χ1v) is 10.6. The van der Waals surface area contributed by atoms with Gasteiger partial charge in [0.1, 0.15) is 5.54 Å². The summed E-state index contributed by atoms with van der Waals surface area (Å²) in [4.78, 5) is 29.4. The van der Waals surface area contributed by atoms with Gasteiger partial charge in [-0.15, -0.1) is 0 Å². The molecule has 2 aliphatic heterocycles. The molecule has 0 aromatic heterocycles. The number of carbonyl (C=O) groups is 2. The molecule has 1 atom stereocenters. The number of piperidine rings is 1. The van der Waals surface area contributed by atoms with Crippen LogP contribution in [-0.2, 0) is 9.59 Å². The van der Waals surface area contributed by atoms with Gasteiger partial charge < -0.3 is 10.6 Å². The van der Waals surface area contributed by atoms with Gasteiger partial charge in [0, 0.05) is 31.9 Å². The highest BCUT2D eigenvalue weighted by molar-refractivity contribution is 5.92. The highest BCUT2D eigenvalue weighted by Crippen LogP contribution is 2.30. The number of amides is 2. The number of carbonyl (C=O) groups excluding carboxylic acids is 2. The summed E-state index contributed by atoms with van der Waals surface area (Å²) in [6.45, 7) is 7.98. The van der Waals surface area contributed by atoms with Crippen LogP contribution >= 0.6 is 0 Å². The summed E-state index contributed by atoms with van der Waals surface area (Å²) in [5.74, 6) is 0.689. The van der Waals surface area contributed by atoms with Gasteiger partial charge >= 0.3 is 0 Å². The zero-order valence-corrected chi connectivity index (χ0v) is 17.5. The summed E-state index contributed by atoms with van der Waals surface area (Å²) in [7, 11) is 2.05. The fourth-order valence-corrected chi connectivity index (χ4v) is 4.29. The summed E-state index contributed by atoms with van der Waals surface area (Å²) in [5, 5.41) is 6.06. The molecule has 28 heavy (non-hydrogen) atoms. The fraction of sp³-hybridized carbons (Fsp3) is 0.636. The molecule has 2 fully saturated rings. The van der Waals surface area contributed by atoms with E-state index in [1.165, 1.54) is 5.56 Å². The third-order valence-electron chi connectivity index (χ3n) is 6.54. The van der Waals surface area contributed by atoms with E-state index in [9.17, 15) is 9.59 Å². The average Bonchev–Trinajstić information content (AvgIpc) is 2.83. The maximum Gasteiger partial charge on any atom is 0.240 e. The molecule has 2 amide bonds. The molecule has 154 valence electrons. The topological polar surface area (TPSA) is 64.7 Å². The standard InChI is InChI=1S/C22H34N4O2/c1-4-17(2)18-6-8-19(9-7-18)24-20(27)16-26-14-10-22(11-15-26)21(28)23-12-5-13-25(22)3/h6-9,17H,4-5,10-16H2,1-3H3,(H,23,28)(H,24,27)/t17-/m0/s1. The number of likely N-dealkylation sites (N-methyl/N-ethyl adjacent to an activating group) is 1. The number of nitrogens with one attached hydrogen (secondary N) is 2. The number of likely N-dealkylation sites (tertiary alicyclic amines) is 1. The minimum atomic E-state index is -0.407. The van der Waals surface area contributed by atoms with Crippen molar-refractivity contribution in [3.05, 3.63) is 29.8 Å². The lowest BCUT2D eigenvalue weighted by Crippen LogP contribution is -2.61. The second-order valence-electron chi connectivity index (χ2n) is 8.32. The van der Waals surface area contributed by atoms with Crippen molar-refractivity contribution in [2.24, 2.45) is 0 Å². The molecular formula is C22H34N4O2. The van der Waals surface area contributed by atoms with Crippen molar-refractivity contribution < 1.29 is 9.59 Å². The highest BCUT2D eigenvalue weighted by atomic mass is 16.2. The van der Waals surface area contributed by atoms with Gasteiger partial charge in [0.05, 0.1) is 6.54 Å². The molecule has 1 aromatic carbocycles. The van der Waals surface area contributed by atoms with Gasteiger partial charge in [-0.2, -0.15) is 0 Å². The number of hydrogen-bond acceptors (Lipinski definition) is 4. The number of nitrogens with zero attached hydrogens (tertiary/aromatic N) is 2. The van der Waals surface area contributed by atoms with Crippen LogP contribution in [0.4, 0.5) is 5.69 Å². The lowest BCUT2D eigenvalue weighted by molar-refractivity contribution is -0.135. The van der Waals surface area contributed by atoms with E-state index in [1.807, 2.05) is 12.1 Å². The zero-order chi connectivity index (χ0) is 20.1. The van der Waals surface area contributed by atoms with Crippen LogP contribution in [0.25, 0.3) is 0 Å². The third-order valence-corrected chi connectivity index (χ3v) is 6.54. The van der Waals surface area contributed by atoms with Gasteiger partial charge in [0.25, 0.3) is 0 Å². The van der Waals surface area contributed by atoms with Crippen LogP contribution in [0.5, 0.6) is 0 Å². The second kappa shape index (κ2) is 9.05. The first-order valence-electron chi connectivity index (χ1n) is 10.6. The van der Waals surface area contributed by atoms with Crippen molar-refractivity contribution in [3.8, 4) is 0 Å². The summed E-state index contributed by atoms with van der Waals surface area (Å²) >= 11 is 0. The molecule has 6 heteroatoms.